The normalized spacial score (nSPS) is 19.9. The molecule has 1 amide bonds. The Morgan fingerprint density at radius 3 is 2.60 bits per heavy atom. The first-order valence-corrected chi connectivity index (χ1v) is 8.76. The second-order valence-electron chi connectivity index (χ2n) is 5.40. The van der Waals surface area contributed by atoms with Crippen LogP contribution in [0.5, 0.6) is 0 Å². The molecule has 110 valence electrons. The van der Waals surface area contributed by atoms with Crippen LogP contribution in [0, 0.1) is 5.92 Å². The van der Waals surface area contributed by atoms with Crippen LogP contribution in [-0.4, -0.2) is 29.6 Å². The molecule has 2 nitrogen and oxygen atoms in total. The lowest BCUT2D eigenvalue weighted by Gasteiger charge is -2.24. The van der Waals surface area contributed by atoms with E-state index in [9.17, 15) is 4.79 Å². The highest BCUT2D eigenvalue weighted by Crippen LogP contribution is 2.34. The molecule has 20 heavy (non-hydrogen) atoms. The van der Waals surface area contributed by atoms with Gasteiger partial charge in [-0.25, -0.2) is 0 Å². The molecule has 1 aliphatic rings. The van der Waals surface area contributed by atoms with Gasteiger partial charge in [-0.1, -0.05) is 44.2 Å². The molecule has 2 rings (SSSR count). The first-order chi connectivity index (χ1) is 9.76. The molecule has 1 saturated heterocycles. The standard InChI is InChI=1S/C17H25NOS/c1-3-14(4-2)17(19)18-11-10-16(20-13-12-18)15-8-6-5-7-9-15/h5-9,14,16H,3-4,10-13H2,1-2H3. The minimum absolute atomic E-state index is 0.216. The predicted octanol–water partition coefficient (Wildman–Crippen LogP) is 4.13. The van der Waals surface area contributed by atoms with E-state index in [1.165, 1.54) is 5.56 Å². The highest BCUT2D eigenvalue weighted by atomic mass is 32.2. The fourth-order valence-corrected chi connectivity index (χ4v) is 4.05. The van der Waals surface area contributed by atoms with E-state index in [2.05, 4.69) is 49.1 Å². The molecule has 1 fully saturated rings. The van der Waals surface area contributed by atoms with Crippen molar-refractivity contribution in [3.05, 3.63) is 35.9 Å². The van der Waals surface area contributed by atoms with Gasteiger partial charge >= 0.3 is 0 Å². The summed E-state index contributed by atoms with van der Waals surface area (Å²) in [6.07, 6.45) is 2.99. The average molecular weight is 291 g/mol. The van der Waals surface area contributed by atoms with Crippen LogP contribution in [-0.2, 0) is 4.79 Å². The molecule has 0 radical (unpaired) electrons. The summed E-state index contributed by atoms with van der Waals surface area (Å²) in [6, 6.07) is 10.7. The minimum atomic E-state index is 0.216. The molecule has 0 saturated carbocycles. The zero-order chi connectivity index (χ0) is 14.4. The molecule has 1 aliphatic heterocycles. The van der Waals surface area contributed by atoms with Crippen LogP contribution < -0.4 is 0 Å². The number of nitrogens with zero attached hydrogens (tertiary/aromatic N) is 1. The summed E-state index contributed by atoms with van der Waals surface area (Å²) in [5, 5.41) is 0.538. The predicted molar refractivity (Wildman–Crippen MR) is 86.9 cm³/mol. The van der Waals surface area contributed by atoms with Gasteiger partial charge < -0.3 is 4.90 Å². The quantitative estimate of drug-likeness (QED) is 0.831. The molecule has 1 atom stereocenters. The van der Waals surface area contributed by atoms with Crippen molar-refractivity contribution in [3.63, 3.8) is 0 Å². The van der Waals surface area contributed by atoms with E-state index in [0.29, 0.717) is 11.2 Å². The van der Waals surface area contributed by atoms with Crippen molar-refractivity contribution in [2.75, 3.05) is 18.8 Å². The maximum absolute atomic E-state index is 12.5. The van der Waals surface area contributed by atoms with Gasteiger partial charge in [-0.15, -0.1) is 0 Å². The maximum Gasteiger partial charge on any atom is 0.225 e. The Labute approximate surface area is 126 Å². The van der Waals surface area contributed by atoms with Gasteiger partial charge in [0, 0.05) is 30.0 Å². The van der Waals surface area contributed by atoms with E-state index < -0.39 is 0 Å². The Hall–Kier alpha value is -0.960. The van der Waals surface area contributed by atoms with E-state index in [4.69, 9.17) is 0 Å². The fraction of sp³-hybridized carbons (Fsp3) is 0.588. The molecule has 1 aromatic rings. The number of carbonyl (C=O) groups excluding carboxylic acids is 1. The van der Waals surface area contributed by atoms with E-state index in [0.717, 1.165) is 38.1 Å². The summed E-state index contributed by atoms with van der Waals surface area (Å²) in [4.78, 5) is 14.6. The Kier molecular flexibility index (Phi) is 5.96. The van der Waals surface area contributed by atoms with Gasteiger partial charge in [0.15, 0.2) is 0 Å². The number of carbonyl (C=O) groups is 1. The molecule has 1 aromatic carbocycles. The van der Waals surface area contributed by atoms with Crippen LogP contribution in [0.15, 0.2) is 30.3 Å². The largest absolute Gasteiger partial charge is 0.342 e. The van der Waals surface area contributed by atoms with Crippen LogP contribution in [0.2, 0.25) is 0 Å². The van der Waals surface area contributed by atoms with Crippen LogP contribution >= 0.6 is 11.8 Å². The molecule has 1 unspecified atom stereocenters. The number of hydrogen-bond donors (Lipinski definition) is 0. The van der Waals surface area contributed by atoms with Crippen molar-refractivity contribution in [1.82, 2.24) is 4.90 Å². The molecule has 0 N–H and O–H groups in total. The Balaban J connectivity index is 1.97. The first-order valence-electron chi connectivity index (χ1n) is 7.71. The summed E-state index contributed by atoms with van der Waals surface area (Å²) in [5.41, 5.74) is 1.40. The molecule has 1 heterocycles. The summed E-state index contributed by atoms with van der Waals surface area (Å²) < 4.78 is 0. The number of benzene rings is 1. The number of amides is 1. The summed E-state index contributed by atoms with van der Waals surface area (Å²) in [7, 11) is 0. The monoisotopic (exact) mass is 291 g/mol. The molecule has 0 aliphatic carbocycles. The molecular formula is C17H25NOS. The van der Waals surface area contributed by atoms with Crippen LogP contribution in [0.25, 0.3) is 0 Å². The SMILES string of the molecule is CCC(CC)C(=O)N1CCSC(c2ccccc2)CC1. The zero-order valence-electron chi connectivity index (χ0n) is 12.5. The van der Waals surface area contributed by atoms with Gasteiger partial charge in [0.2, 0.25) is 5.91 Å². The fourth-order valence-electron chi connectivity index (χ4n) is 2.82. The lowest BCUT2D eigenvalue weighted by molar-refractivity contribution is -0.135. The smallest absolute Gasteiger partial charge is 0.225 e. The minimum Gasteiger partial charge on any atom is -0.342 e. The van der Waals surface area contributed by atoms with E-state index in [1.807, 2.05) is 11.8 Å². The van der Waals surface area contributed by atoms with E-state index >= 15 is 0 Å². The summed E-state index contributed by atoms with van der Waals surface area (Å²) in [5.74, 6) is 1.63. The highest BCUT2D eigenvalue weighted by molar-refractivity contribution is 7.99. The summed E-state index contributed by atoms with van der Waals surface area (Å²) >= 11 is 1.99. The number of hydrogen-bond acceptors (Lipinski definition) is 2. The third-order valence-corrected chi connectivity index (χ3v) is 5.49. The van der Waals surface area contributed by atoms with Crippen molar-refractivity contribution >= 4 is 17.7 Å². The van der Waals surface area contributed by atoms with Crippen LogP contribution in [0.4, 0.5) is 0 Å². The topological polar surface area (TPSA) is 20.3 Å². The molecular weight excluding hydrogens is 266 g/mol. The van der Waals surface area contributed by atoms with Crippen molar-refractivity contribution in [2.24, 2.45) is 5.92 Å². The average Bonchev–Trinajstić information content (AvgIpc) is 2.75. The van der Waals surface area contributed by atoms with Gasteiger partial charge in [0.05, 0.1) is 0 Å². The second kappa shape index (κ2) is 7.72. The van der Waals surface area contributed by atoms with Crippen molar-refractivity contribution < 1.29 is 4.79 Å². The third kappa shape index (κ3) is 3.78. The van der Waals surface area contributed by atoms with Gasteiger partial charge in [0.1, 0.15) is 0 Å². The van der Waals surface area contributed by atoms with Crippen molar-refractivity contribution in [1.29, 1.82) is 0 Å². The van der Waals surface area contributed by atoms with Crippen LogP contribution in [0.1, 0.15) is 43.9 Å². The van der Waals surface area contributed by atoms with Gasteiger partial charge in [-0.05, 0) is 24.8 Å². The van der Waals surface area contributed by atoms with Gasteiger partial charge in [-0.3, -0.25) is 4.79 Å². The van der Waals surface area contributed by atoms with Crippen molar-refractivity contribution in [3.8, 4) is 0 Å². The van der Waals surface area contributed by atoms with Crippen molar-refractivity contribution in [2.45, 2.75) is 38.4 Å². The van der Waals surface area contributed by atoms with Crippen LogP contribution in [0.3, 0.4) is 0 Å². The maximum atomic E-state index is 12.5. The number of rotatable bonds is 4. The second-order valence-corrected chi connectivity index (χ2v) is 6.71. The molecule has 0 bridgehead atoms. The highest BCUT2D eigenvalue weighted by Gasteiger charge is 2.25. The molecule has 0 aromatic heterocycles. The first kappa shape index (κ1) is 15.4. The molecule has 0 spiro atoms. The molecule has 3 heteroatoms. The Morgan fingerprint density at radius 1 is 1.25 bits per heavy atom. The Morgan fingerprint density at radius 2 is 1.95 bits per heavy atom. The van der Waals surface area contributed by atoms with E-state index in [-0.39, 0.29) is 5.92 Å². The Bertz CT molecular complexity index is 416. The number of thioether (sulfide) groups is 1. The van der Waals surface area contributed by atoms with Gasteiger partial charge in [0.25, 0.3) is 0 Å². The van der Waals surface area contributed by atoms with Gasteiger partial charge in [-0.2, -0.15) is 11.8 Å². The zero-order valence-corrected chi connectivity index (χ0v) is 13.4. The third-order valence-electron chi connectivity index (χ3n) is 4.16. The lowest BCUT2D eigenvalue weighted by Crippen LogP contribution is -2.37. The van der Waals surface area contributed by atoms with E-state index in [1.54, 1.807) is 0 Å². The lowest BCUT2D eigenvalue weighted by atomic mass is 10.0. The summed E-state index contributed by atoms with van der Waals surface area (Å²) in [6.45, 7) is 6.04.